The first kappa shape index (κ1) is 32.3. The van der Waals surface area contributed by atoms with Crippen LogP contribution in [0.15, 0.2) is 54.6 Å². The summed E-state index contributed by atoms with van der Waals surface area (Å²) >= 11 is 0. The number of aromatic hydroxyl groups is 1. The third-order valence-electron chi connectivity index (χ3n) is 6.46. The number of carboxylic acid groups (broad SMARTS) is 1. The largest absolute Gasteiger partial charge is 0.508 e. The average molecular weight is 556 g/mol. The Labute approximate surface area is 234 Å². The zero-order chi connectivity index (χ0) is 29.7. The molecule has 0 radical (unpaired) electrons. The third-order valence-corrected chi connectivity index (χ3v) is 6.46. The number of benzene rings is 2. The van der Waals surface area contributed by atoms with Crippen molar-refractivity contribution in [2.75, 3.05) is 6.54 Å². The third kappa shape index (κ3) is 10.7. The standard InChI is InChI=1S/C29H41N5O6/c1-18(2)25(34-26(36)22(31)10-6-7-15-30)28(38)32-23(16-19-8-4-3-5-9-19)27(37)33-24(29(39)40)17-20-11-13-21(35)14-12-20/h3-5,8-9,11-14,18,22-25,35H,6-7,10,15-17,30-31H2,1-2H3,(H,32,38)(H,33,37)(H,34,36)(H,39,40). The molecule has 4 unspecified atom stereocenters. The quantitative estimate of drug-likeness (QED) is 0.148. The van der Waals surface area contributed by atoms with Crippen molar-refractivity contribution in [3.8, 4) is 5.75 Å². The van der Waals surface area contributed by atoms with Crippen molar-refractivity contribution < 1.29 is 29.4 Å². The van der Waals surface area contributed by atoms with E-state index in [1.54, 1.807) is 50.2 Å². The van der Waals surface area contributed by atoms with Crippen LogP contribution in [0, 0.1) is 5.92 Å². The van der Waals surface area contributed by atoms with Gasteiger partial charge in [-0.25, -0.2) is 4.79 Å². The highest BCUT2D eigenvalue weighted by atomic mass is 16.4. The van der Waals surface area contributed by atoms with Gasteiger partial charge in [0.1, 0.15) is 23.9 Å². The van der Waals surface area contributed by atoms with E-state index in [1.807, 2.05) is 6.07 Å². The van der Waals surface area contributed by atoms with Crippen LogP contribution in [0.2, 0.25) is 0 Å². The van der Waals surface area contributed by atoms with E-state index >= 15 is 0 Å². The van der Waals surface area contributed by atoms with E-state index in [0.717, 1.165) is 12.0 Å². The summed E-state index contributed by atoms with van der Waals surface area (Å²) in [5.41, 5.74) is 12.8. The predicted molar refractivity (Wildman–Crippen MR) is 151 cm³/mol. The second-order valence-electron chi connectivity index (χ2n) is 10.1. The number of carbonyl (C=O) groups excluding carboxylic acids is 3. The van der Waals surface area contributed by atoms with Crippen molar-refractivity contribution in [2.45, 2.75) is 70.1 Å². The van der Waals surface area contributed by atoms with Crippen molar-refractivity contribution in [3.05, 3.63) is 65.7 Å². The molecule has 0 saturated heterocycles. The first-order valence-electron chi connectivity index (χ1n) is 13.4. The van der Waals surface area contributed by atoms with E-state index in [-0.39, 0.29) is 24.5 Å². The van der Waals surface area contributed by atoms with Crippen LogP contribution < -0.4 is 27.4 Å². The van der Waals surface area contributed by atoms with Crippen molar-refractivity contribution >= 4 is 23.7 Å². The van der Waals surface area contributed by atoms with Gasteiger partial charge in [0.2, 0.25) is 17.7 Å². The molecule has 0 saturated carbocycles. The fourth-order valence-corrected chi connectivity index (χ4v) is 4.10. The van der Waals surface area contributed by atoms with E-state index in [4.69, 9.17) is 11.5 Å². The Morgan fingerprint density at radius 2 is 1.35 bits per heavy atom. The number of nitrogens with one attached hydrogen (secondary N) is 3. The van der Waals surface area contributed by atoms with Gasteiger partial charge in [-0.1, -0.05) is 62.7 Å². The van der Waals surface area contributed by atoms with Crippen LogP contribution in [0.5, 0.6) is 5.75 Å². The Balaban J connectivity index is 2.19. The Bertz CT molecular complexity index is 1110. The molecule has 0 aliphatic carbocycles. The molecule has 0 aliphatic heterocycles. The fourth-order valence-electron chi connectivity index (χ4n) is 4.10. The van der Waals surface area contributed by atoms with Crippen LogP contribution in [0.25, 0.3) is 0 Å². The van der Waals surface area contributed by atoms with Gasteiger partial charge in [-0.3, -0.25) is 14.4 Å². The Morgan fingerprint density at radius 3 is 1.93 bits per heavy atom. The highest BCUT2D eigenvalue weighted by Gasteiger charge is 2.32. The number of carboxylic acids is 1. The summed E-state index contributed by atoms with van der Waals surface area (Å²) in [7, 11) is 0. The van der Waals surface area contributed by atoms with Gasteiger partial charge in [0, 0.05) is 12.8 Å². The summed E-state index contributed by atoms with van der Waals surface area (Å²) in [5.74, 6) is -3.28. The smallest absolute Gasteiger partial charge is 0.326 e. The van der Waals surface area contributed by atoms with Gasteiger partial charge in [-0.15, -0.1) is 0 Å². The molecule has 40 heavy (non-hydrogen) atoms. The topological polar surface area (TPSA) is 197 Å². The Morgan fingerprint density at radius 1 is 0.775 bits per heavy atom. The number of rotatable bonds is 16. The molecule has 4 atom stereocenters. The summed E-state index contributed by atoms with van der Waals surface area (Å²) in [5, 5.41) is 27.2. The molecule has 0 aliphatic rings. The SMILES string of the molecule is CC(C)C(NC(=O)C(N)CCCCN)C(=O)NC(Cc1ccccc1)C(=O)NC(Cc1ccc(O)cc1)C(=O)O. The normalized spacial score (nSPS) is 14.0. The van der Waals surface area contributed by atoms with E-state index in [0.29, 0.717) is 24.9 Å². The molecule has 2 aromatic rings. The molecule has 11 nitrogen and oxygen atoms in total. The van der Waals surface area contributed by atoms with Crippen LogP contribution >= 0.6 is 0 Å². The predicted octanol–water partition coefficient (Wildman–Crippen LogP) is 0.829. The average Bonchev–Trinajstić information content (AvgIpc) is 2.92. The minimum absolute atomic E-state index is 0.0277. The van der Waals surface area contributed by atoms with Gasteiger partial charge in [0.25, 0.3) is 0 Å². The van der Waals surface area contributed by atoms with Crippen LogP contribution in [0.4, 0.5) is 0 Å². The number of carbonyl (C=O) groups is 4. The minimum atomic E-state index is -1.28. The molecule has 0 spiro atoms. The number of phenolic OH excluding ortho intramolecular Hbond substituents is 1. The van der Waals surface area contributed by atoms with Gasteiger partial charge in [-0.05, 0) is 48.6 Å². The van der Waals surface area contributed by atoms with Crippen LogP contribution in [0.3, 0.4) is 0 Å². The van der Waals surface area contributed by atoms with Gasteiger partial charge < -0.3 is 37.6 Å². The molecular formula is C29H41N5O6. The zero-order valence-electron chi connectivity index (χ0n) is 23.0. The highest BCUT2D eigenvalue weighted by molar-refractivity contribution is 5.94. The number of nitrogens with two attached hydrogens (primary N) is 2. The second kappa shape index (κ2) is 16.2. The van der Waals surface area contributed by atoms with Crippen LogP contribution in [0.1, 0.15) is 44.2 Å². The molecule has 0 heterocycles. The molecule has 3 amide bonds. The van der Waals surface area contributed by atoms with Gasteiger partial charge in [-0.2, -0.15) is 0 Å². The molecule has 2 aromatic carbocycles. The monoisotopic (exact) mass is 555 g/mol. The first-order valence-corrected chi connectivity index (χ1v) is 13.4. The minimum Gasteiger partial charge on any atom is -0.508 e. The summed E-state index contributed by atoms with van der Waals surface area (Å²) < 4.78 is 0. The van der Waals surface area contributed by atoms with Crippen LogP contribution in [-0.4, -0.2) is 64.6 Å². The number of hydrogen-bond donors (Lipinski definition) is 7. The fraction of sp³-hybridized carbons (Fsp3) is 0.448. The van der Waals surface area contributed by atoms with Gasteiger partial charge >= 0.3 is 5.97 Å². The van der Waals surface area contributed by atoms with Crippen LogP contribution in [-0.2, 0) is 32.0 Å². The first-order chi connectivity index (χ1) is 19.0. The lowest BCUT2D eigenvalue weighted by molar-refractivity contribution is -0.142. The zero-order valence-corrected chi connectivity index (χ0v) is 23.0. The highest BCUT2D eigenvalue weighted by Crippen LogP contribution is 2.13. The maximum absolute atomic E-state index is 13.4. The van der Waals surface area contributed by atoms with Gasteiger partial charge in [0.15, 0.2) is 0 Å². The maximum atomic E-state index is 13.4. The number of aliphatic carboxylic acids is 1. The van der Waals surface area contributed by atoms with E-state index in [1.165, 1.54) is 12.1 Å². The van der Waals surface area contributed by atoms with Crippen molar-refractivity contribution in [1.82, 2.24) is 16.0 Å². The Kier molecular flexibility index (Phi) is 13.1. The van der Waals surface area contributed by atoms with E-state index in [2.05, 4.69) is 16.0 Å². The maximum Gasteiger partial charge on any atom is 0.326 e. The molecule has 9 N–H and O–H groups in total. The van der Waals surface area contributed by atoms with Crippen molar-refractivity contribution in [3.63, 3.8) is 0 Å². The second-order valence-corrected chi connectivity index (χ2v) is 10.1. The molecule has 0 aromatic heterocycles. The Hall–Kier alpha value is -3.96. The number of hydrogen-bond acceptors (Lipinski definition) is 7. The molecule has 0 fully saturated rings. The summed E-state index contributed by atoms with van der Waals surface area (Å²) in [6.07, 6.45) is 1.90. The van der Waals surface area contributed by atoms with Crippen molar-refractivity contribution in [2.24, 2.45) is 17.4 Å². The van der Waals surface area contributed by atoms with E-state index in [9.17, 15) is 29.4 Å². The van der Waals surface area contributed by atoms with E-state index < -0.39 is 47.9 Å². The lowest BCUT2D eigenvalue weighted by Gasteiger charge is -2.27. The molecule has 218 valence electrons. The molecular weight excluding hydrogens is 514 g/mol. The molecule has 11 heteroatoms. The summed E-state index contributed by atoms with van der Waals surface area (Å²) in [4.78, 5) is 51.4. The summed E-state index contributed by atoms with van der Waals surface area (Å²) in [6.45, 7) is 4.01. The lowest BCUT2D eigenvalue weighted by atomic mass is 9.99. The molecule has 2 rings (SSSR count). The number of phenols is 1. The molecule has 0 bridgehead atoms. The number of amides is 3. The number of unbranched alkanes of at least 4 members (excludes halogenated alkanes) is 1. The summed E-state index contributed by atoms with van der Waals surface area (Å²) in [6, 6.07) is 10.8. The van der Waals surface area contributed by atoms with Crippen molar-refractivity contribution in [1.29, 1.82) is 0 Å². The van der Waals surface area contributed by atoms with Gasteiger partial charge in [0.05, 0.1) is 6.04 Å². The lowest BCUT2D eigenvalue weighted by Crippen LogP contribution is -2.59.